The maximum atomic E-state index is 13.1. The van der Waals surface area contributed by atoms with Gasteiger partial charge in [-0.3, -0.25) is 29.2 Å². The Kier molecular flexibility index (Phi) is 18.2. The fraction of sp³-hybridized carbons (Fsp3) is 0.682. The minimum absolute atomic E-state index is 0.0210. The molecule has 0 aliphatic heterocycles. The standard InChI is InChI=1S/C22H42N10O7S/c1-40-11-8-15(20(38)39)32-18(36)13(5-3-10-29-22(26)27)31-19(37)14(6-7-16(33)34)30-17(35)12(23)4-2-9-28-21(24)25/h12-15H,2-11,23H2,1H3,(H,30,35)(H,31,37)(H,32,36)(H,33,34)(H,38,39)(H4,24,25,28)(H4,26,27,29)/t12-,13-,14-,15-/m0/s1. The highest BCUT2D eigenvalue weighted by Crippen LogP contribution is 2.07. The van der Waals surface area contributed by atoms with Gasteiger partial charge in [0, 0.05) is 19.5 Å². The van der Waals surface area contributed by atoms with Gasteiger partial charge < -0.3 is 54.8 Å². The number of rotatable bonds is 21. The number of carbonyl (C=O) groups is 5. The van der Waals surface area contributed by atoms with Crippen LogP contribution < -0.4 is 44.6 Å². The molecule has 0 rings (SSSR count). The maximum absolute atomic E-state index is 13.1. The number of thioether (sulfide) groups is 1. The number of carbonyl (C=O) groups excluding carboxylic acids is 3. The molecule has 3 amide bonds. The first-order valence-electron chi connectivity index (χ1n) is 12.5. The zero-order valence-corrected chi connectivity index (χ0v) is 23.3. The van der Waals surface area contributed by atoms with Crippen molar-refractivity contribution in [1.82, 2.24) is 16.0 Å². The second kappa shape index (κ2) is 20.2. The summed E-state index contributed by atoms with van der Waals surface area (Å²) in [5.41, 5.74) is 27.0. The molecule has 0 bridgehead atoms. The summed E-state index contributed by atoms with van der Waals surface area (Å²) < 4.78 is 0. The molecule has 0 saturated carbocycles. The highest BCUT2D eigenvalue weighted by atomic mass is 32.2. The molecule has 228 valence electrons. The Hall–Kier alpha value is -3.80. The number of amides is 3. The van der Waals surface area contributed by atoms with Gasteiger partial charge in [-0.15, -0.1) is 0 Å². The van der Waals surface area contributed by atoms with Crippen LogP contribution in [0.15, 0.2) is 9.98 Å². The molecular weight excluding hydrogens is 548 g/mol. The molecule has 4 atom stereocenters. The average molecular weight is 591 g/mol. The number of nitrogens with zero attached hydrogens (tertiary/aromatic N) is 2. The van der Waals surface area contributed by atoms with Crippen molar-refractivity contribution in [2.45, 2.75) is 69.1 Å². The number of carboxylic acids is 2. The van der Waals surface area contributed by atoms with Gasteiger partial charge in [-0.05, 0) is 50.5 Å². The molecule has 15 N–H and O–H groups in total. The third kappa shape index (κ3) is 16.9. The lowest BCUT2D eigenvalue weighted by atomic mass is 10.1. The first kappa shape index (κ1) is 36.2. The highest BCUT2D eigenvalue weighted by Gasteiger charge is 2.30. The monoisotopic (exact) mass is 590 g/mol. The van der Waals surface area contributed by atoms with E-state index in [9.17, 15) is 29.1 Å². The van der Waals surface area contributed by atoms with Gasteiger partial charge in [-0.1, -0.05) is 0 Å². The Morgan fingerprint density at radius 2 is 1.20 bits per heavy atom. The Bertz CT molecular complexity index is 910. The van der Waals surface area contributed by atoms with Crippen molar-refractivity contribution in [2.75, 3.05) is 25.1 Å². The molecule has 0 fully saturated rings. The molecule has 0 aromatic heterocycles. The molecule has 18 heteroatoms. The van der Waals surface area contributed by atoms with Crippen molar-refractivity contribution >= 4 is 53.3 Å². The van der Waals surface area contributed by atoms with Crippen LogP contribution in [0.1, 0.15) is 44.9 Å². The quantitative estimate of drug-likeness (QED) is 0.0354. The summed E-state index contributed by atoms with van der Waals surface area (Å²) in [4.78, 5) is 69.1. The molecule has 40 heavy (non-hydrogen) atoms. The van der Waals surface area contributed by atoms with Crippen LogP contribution in [0.4, 0.5) is 0 Å². The van der Waals surface area contributed by atoms with Crippen LogP contribution in [0.25, 0.3) is 0 Å². The topological polar surface area (TPSA) is 317 Å². The minimum atomic E-state index is -1.34. The molecule has 0 spiro atoms. The lowest BCUT2D eigenvalue weighted by Gasteiger charge is -2.25. The zero-order chi connectivity index (χ0) is 30.7. The van der Waals surface area contributed by atoms with E-state index in [2.05, 4.69) is 25.9 Å². The minimum Gasteiger partial charge on any atom is -0.481 e. The van der Waals surface area contributed by atoms with E-state index < -0.39 is 60.2 Å². The molecule has 0 unspecified atom stereocenters. The van der Waals surface area contributed by atoms with Gasteiger partial charge in [0.15, 0.2) is 11.9 Å². The van der Waals surface area contributed by atoms with Crippen LogP contribution in [0, 0.1) is 0 Å². The number of aliphatic imine (C=N–C) groups is 2. The zero-order valence-electron chi connectivity index (χ0n) is 22.5. The van der Waals surface area contributed by atoms with E-state index in [4.69, 9.17) is 33.8 Å². The van der Waals surface area contributed by atoms with Crippen molar-refractivity contribution in [3.8, 4) is 0 Å². The van der Waals surface area contributed by atoms with E-state index in [0.717, 1.165) is 0 Å². The average Bonchev–Trinajstić information content (AvgIpc) is 2.87. The van der Waals surface area contributed by atoms with Crippen LogP contribution in [0.5, 0.6) is 0 Å². The van der Waals surface area contributed by atoms with Crippen LogP contribution in [0.3, 0.4) is 0 Å². The van der Waals surface area contributed by atoms with Crippen molar-refractivity contribution in [1.29, 1.82) is 0 Å². The van der Waals surface area contributed by atoms with Gasteiger partial charge in [0.1, 0.15) is 18.1 Å². The van der Waals surface area contributed by atoms with Crippen LogP contribution in [0.2, 0.25) is 0 Å². The summed E-state index contributed by atoms with van der Waals surface area (Å²) in [6.07, 6.45) is 2.00. The Morgan fingerprint density at radius 3 is 1.68 bits per heavy atom. The smallest absolute Gasteiger partial charge is 0.326 e. The summed E-state index contributed by atoms with van der Waals surface area (Å²) in [5, 5.41) is 25.9. The van der Waals surface area contributed by atoms with Gasteiger partial charge in [-0.25, -0.2) is 4.79 Å². The Balaban J connectivity index is 5.62. The molecule has 0 heterocycles. The second-order valence-corrected chi connectivity index (χ2v) is 9.73. The molecule has 17 nitrogen and oxygen atoms in total. The second-order valence-electron chi connectivity index (χ2n) is 8.74. The van der Waals surface area contributed by atoms with Gasteiger partial charge in [0.2, 0.25) is 17.7 Å². The first-order valence-corrected chi connectivity index (χ1v) is 13.9. The van der Waals surface area contributed by atoms with Crippen LogP contribution >= 0.6 is 11.8 Å². The van der Waals surface area contributed by atoms with E-state index in [1.165, 1.54) is 11.8 Å². The van der Waals surface area contributed by atoms with E-state index in [1.54, 1.807) is 6.26 Å². The van der Waals surface area contributed by atoms with E-state index in [0.29, 0.717) is 12.2 Å². The lowest BCUT2D eigenvalue weighted by molar-refractivity contribution is -0.142. The van der Waals surface area contributed by atoms with Crippen molar-refractivity contribution in [3.63, 3.8) is 0 Å². The fourth-order valence-electron chi connectivity index (χ4n) is 3.28. The molecule has 0 saturated heterocycles. The molecule has 0 aliphatic carbocycles. The normalized spacial score (nSPS) is 13.6. The number of hydrogen-bond donors (Lipinski definition) is 10. The van der Waals surface area contributed by atoms with E-state index >= 15 is 0 Å². The van der Waals surface area contributed by atoms with Crippen molar-refractivity contribution in [2.24, 2.45) is 38.7 Å². The first-order chi connectivity index (χ1) is 18.8. The summed E-state index contributed by atoms with van der Waals surface area (Å²) >= 11 is 1.40. The number of carboxylic acid groups (broad SMARTS) is 2. The number of guanidine groups is 2. The van der Waals surface area contributed by atoms with Crippen LogP contribution in [-0.4, -0.2) is 101 Å². The predicted molar refractivity (Wildman–Crippen MR) is 151 cm³/mol. The summed E-state index contributed by atoms with van der Waals surface area (Å²) in [6.45, 7) is 0.363. The Morgan fingerprint density at radius 1 is 0.725 bits per heavy atom. The predicted octanol–water partition coefficient (Wildman–Crippen LogP) is -3.42. The van der Waals surface area contributed by atoms with E-state index in [-0.39, 0.29) is 57.1 Å². The molecule has 0 aromatic rings. The molecule has 0 aliphatic rings. The van der Waals surface area contributed by atoms with Gasteiger partial charge in [0.25, 0.3) is 0 Å². The maximum Gasteiger partial charge on any atom is 0.326 e. The number of aliphatic carboxylic acids is 2. The van der Waals surface area contributed by atoms with E-state index in [1.807, 2.05) is 0 Å². The van der Waals surface area contributed by atoms with Gasteiger partial charge >= 0.3 is 11.9 Å². The Labute approximate surface area is 236 Å². The van der Waals surface area contributed by atoms with Crippen LogP contribution in [-0.2, 0) is 24.0 Å². The fourth-order valence-corrected chi connectivity index (χ4v) is 3.75. The highest BCUT2D eigenvalue weighted by molar-refractivity contribution is 7.98. The number of nitrogens with two attached hydrogens (primary N) is 5. The molecule has 0 radical (unpaired) electrons. The molecule has 0 aromatic carbocycles. The molecular formula is C22H42N10O7S. The SMILES string of the molecule is CSCC[C@H](NC(=O)[C@H](CCCN=C(N)N)NC(=O)[C@H](CCC(=O)O)NC(=O)[C@@H](N)CCCN=C(N)N)C(=O)O. The summed E-state index contributed by atoms with van der Waals surface area (Å²) in [5.74, 6) is -4.60. The number of nitrogens with one attached hydrogen (secondary N) is 3. The van der Waals surface area contributed by atoms with Gasteiger partial charge in [0.05, 0.1) is 6.04 Å². The third-order valence-corrected chi connectivity index (χ3v) is 6.03. The number of hydrogen-bond acceptors (Lipinski definition) is 9. The van der Waals surface area contributed by atoms with Crippen molar-refractivity contribution in [3.05, 3.63) is 0 Å². The lowest BCUT2D eigenvalue weighted by Crippen LogP contribution is -2.57. The largest absolute Gasteiger partial charge is 0.481 e. The van der Waals surface area contributed by atoms with Crippen molar-refractivity contribution < 1.29 is 34.2 Å². The van der Waals surface area contributed by atoms with Gasteiger partial charge in [-0.2, -0.15) is 11.8 Å². The summed E-state index contributed by atoms with van der Waals surface area (Å²) in [7, 11) is 0. The third-order valence-electron chi connectivity index (χ3n) is 5.39. The summed E-state index contributed by atoms with van der Waals surface area (Å²) in [6, 6.07) is -4.81.